The van der Waals surface area contributed by atoms with Gasteiger partial charge in [0, 0.05) is 5.92 Å². The summed E-state index contributed by atoms with van der Waals surface area (Å²) in [6, 6.07) is 0. The van der Waals surface area contributed by atoms with E-state index in [-0.39, 0.29) is 0 Å². The van der Waals surface area contributed by atoms with Gasteiger partial charge in [0.2, 0.25) is 0 Å². The molecule has 78 valence electrons. The molecule has 0 aromatic carbocycles. The van der Waals surface area contributed by atoms with Crippen molar-refractivity contribution in [3.8, 4) is 0 Å². The van der Waals surface area contributed by atoms with Crippen molar-refractivity contribution in [3.63, 3.8) is 0 Å². The first-order chi connectivity index (χ1) is 6.09. The van der Waals surface area contributed by atoms with E-state index in [0.29, 0.717) is 0 Å². The van der Waals surface area contributed by atoms with Gasteiger partial charge in [0.25, 0.3) is 0 Å². The summed E-state index contributed by atoms with van der Waals surface area (Å²) in [4.78, 5) is 0. The van der Waals surface area contributed by atoms with Crippen LogP contribution >= 0.6 is 0 Å². The molecule has 0 aromatic rings. The summed E-state index contributed by atoms with van der Waals surface area (Å²) in [5.74, 6) is 3.46. The molecule has 1 rings (SSSR count). The van der Waals surface area contributed by atoms with Crippen LogP contribution in [0.5, 0.6) is 0 Å². The van der Waals surface area contributed by atoms with Crippen LogP contribution in [0.3, 0.4) is 0 Å². The second-order valence-electron chi connectivity index (χ2n) is 5.27. The Morgan fingerprint density at radius 3 is 2.08 bits per heavy atom. The molecule has 1 nitrogen and oxygen atoms in total. The maximum atomic E-state index is 5.22. The highest BCUT2D eigenvalue weighted by Gasteiger charge is 2.25. The van der Waals surface area contributed by atoms with Crippen molar-refractivity contribution in [1.29, 1.82) is 0 Å². The Bertz CT molecular complexity index is 136. The van der Waals surface area contributed by atoms with Crippen molar-refractivity contribution in [2.24, 2.45) is 23.7 Å². The molecular formula is C12H24O. The number of hydrogen-bond donors (Lipinski definition) is 0. The van der Waals surface area contributed by atoms with Crippen molar-refractivity contribution < 1.29 is 4.74 Å². The minimum absolute atomic E-state index is 0.836. The maximum Gasteiger partial charge on any atom is 0.0516 e. The molecular weight excluding hydrogens is 160 g/mol. The molecule has 0 amide bonds. The van der Waals surface area contributed by atoms with E-state index in [1.54, 1.807) is 0 Å². The molecule has 1 saturated heterocycles. The van der Waals surface area contributed by atoms with Crippen LogP contribution in [0.15, 0.2) is 0 Å². The van der Waals surface area contributed by atoms with Gasteiger partial charge in [-0.3, -0.25) is 0 Å². The lowest BCUT2D eigenvalue weighted by Crippen LogP contribution is -2.31. The van der Waals surface area contributed by atoms with Crippen LogP contribution < -0.4 is 0 Å². The molecule has 0 N–H and O–H groups in total. The van der Waals surface area contributed by atoms with Crippen molar-refractivity contribution >= 4 is 0 Å². The maximum absolute atomic E-state index is 5.22. The van der Waals surface area contributed by atoms with Crippen molar-refractivity contribution in [1.82, 2.24) is 0 Å². The minimum atomic E-state index is 0.836. The fourth-order valence-corrected chi connectivity index (χ4v) is 2.09. The normalized spacial score (nSPS) is 20.8. The SMILES string of the molecule is CC(C)CC(CC1COC1)C(C)C. The highest BCUT2D eigenvalue weighted by atomic mass is 16.5. The number of rotatable bonds is 5. The lowest BCUT2D eigenvalue weighted by atomic mass is 9.80. The Balaban J connectivity index is 2.28. The molecule has 1 aliphatic heterocycles. The molecule has 13 heavy (non-hydrogen) atoms. The standard InChI is InChI=1S/C12H24O/c1-9(2)5-12(10(3)4)6-11-7-13-8-11/h9-12H,5-8H2,1-4H3. The third-order valence-electron chi connectivity index (χ3n) is 3.06. The van der Waals surface area contributed by atoms with E-state index >= 15 is 0 Å². The van der Waals surface area contributed by atoms with E-state index < -0.39 is 0 Å². The van der Waals surface area contributed by atoms with Crippen LogP contribution in [0, 0.1) is 23.7 Å². The van der Waals surface area contributed by atoms with Gasteiger partial charge >= 0.3 is 0 Å². The summed E-state index contributed by atoms with van der Waals surface area (Å²) in [5.41, 5.74) is 0. The molecule has 1 fully saturated rings. The zero-order valence-electron chi connectivity index (χ0n) is 9.55. The van der Waals surface area contributed by atoms with Crippen LogP contribution in [0.1, 0.15) is 40.5 Å². The van der Waals surface area contributed by atoms with Crippen LogP contribution in [0.4, 0.5) is 0 Å². The topological polar surface area (TPSA) is 9.23 Å². The third-order valence-corrected chi connectivity index (χ3v) is 3.06. The van der Waals surface area contributed by atoms with Crippen molar-refractivity contribution in [3.05, 3.63) is 0 Å². The zero-order valence-corrected chi connectivity index (χ0v) is 9.55. The summed E-state index contributed by atoms with van der Waals surface area (Å²) >= 11 is 0. The average molecular weight is 184 g/mol. The fraction of sp³-hybridized carbons (Fsp3) is 1.00. The summed E-state index contributed by atoms with van der Waals surface area (Å²) < 4.78 is 5.22. The highest BCUT2D eigenvalue weighted by Crippen LogP contribution is 2.29. The predicted molar refractivity (Wildman–Crippen MR) is 56.7 cm³/mol. The van der Waals surface area contributed by atoms with Gasteiger partial charge in [-0.05, 0) is 30.6 Å². The van der Waals surface area contributed by atoms with Gasteiger partial charge in [0.15, 0.2) is 0 Å². The molecule has 0 aliphatic carbocycles. The summed E-state index contributed by atoms with van der Waals surface area (Å²) in [6.45, 7) is 11.4. The molecule has 1 atom stereocenters. The molecule has 1 heteroatoms. The largest absolute Gasteiger partial charge is 0.381 e. The Morgan fingerprint density at radius 2 is 1.77 bits per heavy atom. The fourth-order valence-electron chi connectivity index (χ4n) is 2.09. The van der Waals surface area contributed by atoms with Crippen molar-refractivity contribution in [2.45, 2.75) is 40.5 Å². The molecule has 1 unspecified atom stereocenters. The van der Waals surface area contributed by atoms with Crippen LogP contribution in [0.25, 0.3) is 0 Å². The van der Waals surface area contributed by atoms with Gasteiger partial charge in [-0.15, -0.1) is 0 Å². The Hall–Kier alpha value is -0.0400. The van der Waals surface area contributed by atoms with Gasteiger partial charge in [-0.25, -0.2) is 0 Å². The Morgan fingerprint density at radius 1 is 1.15 bits per heavy atom. The average Bonchev–Trinajstić information content (AvgIpc) is 1.92. The first-order valence-corrected chi connectivity index (χ1v) is 5.67. The molecule has 0 saturated carbocycles. The summed E-state index contributed by atoms with van der Waals surface area (Å²) in [6.07, 6.45) is 2.77. The van der Waals surface area contributed by atoms with E-state index in [1.165, 1.54) is 12.8 Å². The first-order valence-electron chi connectivity index (χ1n) is 5.67. The lowest BCUT2D eigenvalue weighted by Gasteiger charge is -2.32. The smallest absolute Gasteiger partial charge is 0.0516 e. The molecule has 0 aromatic heterocycles. The third kappa shape index (κ3) is 3.68. The molecule has 0 bridgehead atoms. The van der Waals surface area contributed by atoms with Crippen LogP contribution in [0.2, 0.25) is 0 Å². The summed E-state index contributed by atoms with van der Waals surface area (Å²) in [7, 11) is 0. The Labute approximate surface area is 82.9 Å². The highest BCUT2D eigenvalue weighted by molar-refractivity contribution is 4.73. The summed E-state index contributed by atoms with van der Waals surface area (Å²) in [5, 5.41) is 0. The monoisotopic (exact) mass is 184 g/mol. The predicted octanol–water partition coefficient (Wildman–Crippen LogP) is 3.34. The van der Waals surface area contributed by atoms with E-state index in [1.807, 2.05) is 0 Å². The molecule has 1 heterocycles. The quantitative estimate of drug-likeness (QED) is 0.636. The second-order valence-corrected chi connectivity index (χ2v) is 5.27. The van der Waals surface area contributed by atoms with E-state index in [4.69, 9.17) is 4.74 Å². The zero-order chi connectivity index (χ0) is 9.84. The second kappa shape index (κ2) is 4.99. The first kappa shape index (κ1) is 11.0. The van der Waals surface area contributed by atoms with Gasteiger partial charge < -0.3 is 4.74 Å². The van der Waals surface area contributed by atoms with Crippen LogP contribution in [-0.4, -0.2) is 13.2 Å². The molecule has 0 spiro atoms. The van der Waals surface area contributed by atoms with Gasteiger partial charge in [-0.2, -0.15) is 0 Å². The lowest BCUT2D eigenvalue weighted by molar-refractivity contribution is -0.0466. The number of hydrogen-bond acceptors (Lipinski definition) is 1. The van der Waals surface area contributed by atoms with E-state index in [2.05, 4.69) is 27.7 Å². The van der Waals surface area contributed by atoms with Gasteiger partial charge in [-0.1, -0.05) is 27.7 Å². The van der Waals surface area contributed by atoms with Crippen molar-refractivity contribution in [2.75, 3.05) is 13.2 Å². The van der Waals surface area contributed by atoms with Gasteiger partial charge in [0.1, 0.15) is 0 Å². The Kier molecular flexibility index (Phi) is 4.24. The van der Waals surface area contributed by atoms with E-state index in [9.17, 15) is 0 Å². The van der Waals surface area contributed by atoms with Crippen LogP contribution in [-0.2, 0) is 4.74 Å². The minimum Gasteiger partial charge on any atom is -0.381 e. The molecule has 1 aliphatic rings. The van der Waals surface area contributed by atoms with E-state index in [0.717, 1.165) is 36.9 Å². The molecule has 0 radical (unpaired) electrons. The van der Waals surface area contributed by atoms with Gasteiger partial charge in [0.05, 0.1) is 13.2 Å². The number of ether oxygens (including phenoxy) is 1.